The molecule has 1 rings (SSSR count). The van der Waals surface area contributed by atoms with Crippen molar-refractivity contribution in [1.82, 2.24) is 0 Å². The third kappa shape index (κ3) is 14.0. The van der Waals surface area contributed by atoms with E-state index in [-0.39, 0.29) is 24.0 Å². The minimum Gasteiger partial charge on any atom is -1.00 e. The Morgan fingerprint density at radius 3 is 1.40 bits per heavy atom. The summed E-state index contributed by atoms with van der Waals surface area (Å²) in [5.74, 6) is 0. The van der Waals surface area contributed by atoms with Crippen LogP contribution in [-0.2, 0) is 0 Å². The summed E-state index contributed by atoms with van der Waals surface area (Å²) >= 11 is 0. The van der Waals surface area contributed by atoms with Crippen LogP contribution in [0.4, 0.5) is 0 Å². The fraction of sp³-hybridized carbons (Fsp3) is 0.375. The quantitative estimate of drug-likeness (QED) is 0.435. The van der Waals surface area contributed by atoms with E-state index in [0.29, 0.717) is 0 Å². The number of hydrogen-bond acceptors (Lipinski definition) is 4. The van der Waals surface area contributed by atoms with Gasteiger partial charge < -0.3 is 24.0 Å². The van der Waals surface area contributed by atoms with Gasteiger partial charge >= 0.3 is 0 Å². The van der Waals surface area contributed by atoms with E-state index < -0.39 is 10.2 Å². The lowest BCUT2D eigenvalue weighted by atomic mass is 10.2. The normalized spacial score (nSPS) is 9.80. The van der Waals surface area contributed by atoms with Crippen molar-refractivity contribution in [2.45, 2.75) is 20.8 Å². The second-order valence-electron chi connectivity index (χ2n) is 2.90. The Kier molecular flexibility index (Phi) is 8.48. The lowest BCUT2D eigenvalue weighted by Crippen LogP contribution is -3.00. The molecule has 1 aromatic heterocycles. The summed E-state index contributed by atoms with van der Waals surface area (Å²) in [7, 11) is -4.94. The minimum atomic E-state index is -4.94. The highest BCUT2D eigenvalue weighted by Crippen LogP contribution is 1.97. The first-order valence-corrected chi connectivity index (χ1v) is 5.01. The highest BCUT2D eigenvalue weighted by atomic mass is 127. The molecule has 0 amide bonds. The summed E-state index contributed by atoms with van der Waals surface area (Å²) in [5, 5.41) is 0. The van der Waals surface area contributed by atoms with Gasteiger partial charge in [-0.15, -0.1) is 10.2 Å². The van der Waals surface area contributed by atoms with E-state index in [4.69, 9.17) is 18.6 Å². The Labute approximate surface area is 108 Å². The Bertz CT molecular complexity index is 247. The molecule has 0 aliphatic heterocycles. The van der Waals surface area contributed by atoms with Gasteiger partial charge in [0, 0.05) is 26.0 Å². The Morgan fingerprint density at radius 1 is 0.933 bits per heavy atom. The summed E-state index contributed by atoms with van der Waals surface area (Å²) in [6.45, 7) is 6.24. The van der Waals surface area contributed by atoms with Crippen LogP contribution in [0.1, 0.15) is 17.0 Å². The number of aromatic amines is 1. The van der Waals surface area contributed by atoms with Crippen molar-refractivity contribution in [1.29, 1.82) is 0 Å². The van der Waals surface area contributed by atoms with Gasteiger partial charge in [-0.1, -0.05) is 0 Å². The molecular formula is C8H12ClINO4-. The van der Waals surface area contributed by atoms with Crippen LogP contribution in [0.5, 0.6) is 0 Å². The maximum absolute atomic E-state index is 8.49. The third-order valence-electron chi connectivity index (χ3n) is 1.28. The van der Waals surface area contributed by atoms with Gasteiger partial charge in [0.2, 0.25) is 0 Å². The van der Waals surface area contributed by atoms with E-state index in [2.05, 4.69) is 37.9 Å². The zero-order chi connectivity index (χ0) is 11.4. The maximum Gasteiger partial charge on any atom is 0.176 e. The van der Waals surface area contributed by atoms with Gasteiger partial charge in [-0.2, -0.15) is 0 Å². The molecule has 0 atom stereocenters. The van der Waals surface area contributed by atoms with Gasteiger partial charge in [-0.25, -0.2) is 23.6 Å². The lowest BCUT2D eigenvalue weighted by molar-refractivity contribution is -2.00. The van der Waals surface area contributed by atoms with E-state index in [0.717, 1.165) is 0 Å². The highest BCUT2D eigenvalue weighted by Gasteiger charge is 1.96. The van der Waals surface area contributed by atoms with E-state index in [9.17, 15) is 0 Å². The van der Waals surface area contributed by atoms with Crippen LogP contribution in [0.15, 0.2) is 12.1 Å². The van der Waals surface area contributed by atoms with Gasteiger partial charge in [-0.05, 0) is 12.5 Å². The number of aromatic nitrogens is 1. The summed E-state index contributed by atoms with van der Waals surface area (Å²) in [5.41, 5.74) is 3.78. The van der Waals surface area contributed by atoms with Crippen molar-refractivity contribution in [2.24, 2.45) is 0 Å². The molecule has 88 valence electrons. The van der Waals surface area contributed by atoms with Gasteiger partial charge in [0.1, 0.15) is 0 Å². The average molecular weight is 349 g/mol. The first-order valence-electron chi connectivity index (χ1n) is 3.77. The maximum atomic E-state index is 8.49. The van der Waals surface area contributed by atoms with Gasteiger partial charge in [0.05, 0.1) is 0 Å². The number of aryl methyl sites for hydroxylation is 3. The molecular weight excluding hydrogens is 336 g/mol. The number of halogens is 2. The molecule has 0 saturated heterocycles. The fourth-order valence-corrected chi connectivity index (χ4v) is 1.11. The van der Waals surface area contributed by atoms with Crippen molar-refractivity contribution >= 4 is 0 Å². The van der Waals surface area contributed by atoms with Crippen LogP contribution in [0, 0.1) is 31.0 Å². The fourth-order valence-electron chi connectivity index (χ4n) is 1.11. The van der Waals surface area contributed by atoms with Crippen LogP contribution in [0.2, 0.25) is 0 Å². The van der Waals surface area contributed by atoms with Crippen LogP contribution in [0.25, 0.3) is 0 Å². The summed E-state index contributed by atoms with van der Waals surface area (Å²) in [6.07, 6.45) is 0. The predicted molar refractivity (Wildman–Crippen MR) is 37.2 cm³/mol. The standard InChI is InChI=1S/C8H11N.ClHO4.HI/c1-6-4-7(2)9-8(3)5-6;2-1(3,4)5;/h4-5H,1-3H3;(H,2,3,4,5);1H/p-1. The number of nitrogens with one attached hydrogen (secondary N) is 1. The topological polar surface area (TPSA) is 106 Å². The van der Waals surface area contributed by atoms with E-state index >= 15 is 0 Å². The molecule has 0 unspecified atom stereocenters. The molecule has 0 spiro atoms. The summed E-state index contributed by atoms with van der Waals surface area (Å²) in [4.78, 5) is 3.21. The molecule has 1 N–H and O–H groups in total. The Hall–Kier alpha value is 0.01000. The number of rotatable bonds is 0. The Balaban J connectivity index is 0. The number of H-pyrrole nitrogens is 1. The molecule has 0 saturated carbocycles. The summed E-state index contributed by atoms with van der Waals surface area (Å²) < 4.78 is 34.0. The molecule has 0 bridgehead atoms. The van der Waals surface area contributed by atoms with Crippen LogP contribution >= 0.6 is 0 Å². The van der Waals surface area contributed by atoms with Crippen molar-refractivity contribution in [2.75, 3.05) is 0 Å². The zero-order valence-corrected chi connectivity index (χ0v) is 11.5. The van der Waals surface area contributed by atoms with Crippen molar-refractivity contribution in [3.8, 4) is 0 Å². The molecule has 0 aliphatic carbocycles. The zero-order valence-electron chi connectivity index (χ0n) is 8.54. The largest absolute Gasteiger partial charge is 1.00 e. The predicted octanol–water partition coefficient (Wildman–Crippen LogP) is -6.33. The molecule has 1 aromatic rings. The SMILES string of the molecule is Cc1cc(C)[nH+]c(C)c1.[I-].[O-][Cl+3]([O-])([O-])[O-]. The van der Waals surface area contributed by atoms with Crippen LogP contribution < -0.4 is 47.6 Å². The van der Waals surface area contributed by atoms with E-state index in [1.807, 2.05) is 0 Å². The first kappa shape index (κ1) is 17.4. The van der Waals surface area contributed by atoms with Crippen molar-refractivity contribution < 1.29 is 57.8 Å². The Morgan fingerprint density at radius 2 is 1.20 bits per heavy atom. The molecule has 15 heavy (non-hydrogen) atoms. The molecule has 5 nitrogen and oxygen atoms in total. The molecule has 0 fully saturated rings. The lowest BCUT2D eigenvalue weighted by Gasteiger charge is -2.17. The van der Waals surface area contributed by atoms with Crippen LogP contribution in [0.3, 0.4) is 0 Å². The highest BCUT2D eigenvalue weighted by molar-refractivity contribution is 5.12. The second kappa shape index (κ2) is 7.31. The minimum absolute atomic E-state index is 0. The molecule has 0 aromatic carbocycles. The monoisotopic (exact) mass is 348 g/mol. The smallest absolute Gasteiger partial charge is 0.176 e. The van der Waals surface area contributed by atoms with Gasteiger partial charge in [0.15, 0.2) is 11.4 Å². The second-order valence-corrected chi connectivity index (χ2v) is 3.66. The molecule has 1 heterocycles. The number of pyridine rings is 1. The average Bonchev–Trinajstić information content (AvgIpc) is 1.77. The van der Waals surface area contributed by atoms with E-state index in [1.165, 1.54) is 17.0 Å². The summed E-state index contributed by atoms with van der Waals surface area (Å²) in [6, 6.07) is 4.26. The molecule has 0 radical (unpaired) electrons. The number of hydrogen-bond donors (Lipinski definition) is 0. The molecule has 7 heteroatoms. The third-order valence-corrected chi connectivity index (χ3v) is 1.28. The van der Waals surface area contributed by atoms with Gasteiger partial charge in [0.25, 0.3) is 0 Å². The van der Waals surface area contributed by atoms with Crippen molar-refractivity contribution in [3.63, 3.8) is 0 Å². The van der Waals surface area contributed by atoms with Crippen molar-refractivity contribution in [3.05, 3.63) is 29.1 Å². The first-order chi connectivity index (χ1) is 6.18. The molecule has 0 aliphatic rings. The van der Waals surface area contributed by atoms with E-state index in [1.54, 1.807) is 0 Å². The van der Waals surface area contributed by atoms with Crippen LogP contribution in [-0.4, -0.2) is 0 Å². The van der Waals surface area contributed by atoms with Gasteiger partial charge in [-0.3, -0.25) is 0 Å².